The summed E-state index contributed by atoms with van der Waals surface area (Å²) < 4.78 is 5.32. The summed E-state index contributed by atoms with van der Waals surface area (Å²) in [6.07, 6.45) is 5.99. The lowest BCUT2D eigenvalue weighted by Crippen LogP contribution is -2.24. The first kappa shape index (κ1) is 15.0. The van der Waals surface area contributed by atoms with E-state index in [9.17, 15) is 4.79 Å². The van der Waals surface area contributed by atoms with Crippen molar-refractivity contribution in [1.82, 2.24) is 10.3 Å². The second-order valence-electron chi connectivity index (χ2n) is 5.11. The van der Waals surface area contributed by atoms with Crippen molar-refractivity contribution in [2.75, 3.05) is 7.11 Å². The zero-order valence-corrected chi connectivity index (χ0v) is 13.0. The topological polar surface area (TPSA) is 63.6 Å². The van der Waals surface area contributed by atoms with Gasteiger partial charge in [0.25, 0.3) is 5.91 Å². The Balaban J connectivity index is 1.93. The Bertz CT molecular complexity index is 795. The van der Waals surface area contributed by atoms with Gasteiger partial charge in [-0.3, -0.25) is 9.78 Å². The van der Waals surface area contributed by atoms with Crippen LogP contribution in [0, 0.1) is 0 Å². The number of aliphatic imine (C=N–C) groups is 1. The summed E-state index contributed by atoms with van der Waals surface area (Å²) in [7, 11) is 1.65. The lowest BCUT2D eigenvalue weighted by atomic mass is 10.1. The van der Waals surface area contributed by atoms with Gasteiger partial charge in [-0.2, -0.15) is 0 Å². The third-order valence-electron chi connectivity index (χ3n) is 3.62. The zero-order valence-electron chi connectivity index (χ0n) is 13.0. The molecule has 5 nitrogen and oxygen atoms in total. The van der Waals surface area contributed by atoms with Gasteiger partial charge in [-0.1, -0.05) is 13.0 Å². The molecule has 1 N–H and O–H groups in total. The Morgan fingerprint density at radius 3 is 2.87 bits per heavy atom. The molecule has 0 spiro atoms. The van der Waals surface area contributed by atoms with Crippen molar-refractivity contribution >= 4 is 17.8 Å². The highest BCUT2D eigenvalue weighted by Gasteiger charge is 2.21. The van der Waals surface area contributed by atoms with Crippen LogP contribution < -0.4 is 10.1 Å². The molecule has 1 aliphatic heterocycles. The Labute approximate surface area is 134 Å². The van der Waals surface area contributed by atoms with E-state index >= 15 is 0 Å². The summed E-state index contributed by atoms with van der Waals surface area (Å²) in [5.74, 6) is 1.17. The van der Waals surface area contributed by atoms with Crippen molar-refractivity contribution in [2.24, 2.45) is 4.99 Å². The SMILES string of the molecule is CCc1cc(/C=C2/N=C(c3cccnc3)NC2=O)ccc1OC. The van der Waals surface area contributed by atoms with Gasteiger partial charge in [0.1, 0.15) is 17.3 Å². The number of rotatable bonds is 4. The van der Waals surface area contributed by atoms with E-state index < -0.39 is 0 Å². The van der Waals surface area contributed by atoms with Gasteiger partial charge in [0, 0.05) is 18.0 Å². The maximum atomic E-state index is 12.1. The molecule has 1 aromatic carbocycles. The molecule has 0 saturated heterocycles. The molecule has 0 aliphatic carbocycles. The first-order chi connectivity index (χ1) is 11.2. The standard InChI is InChI=1S/C18H17N3O2/c1-3-13-9-12(6-7-16(13)23-2)10-15-18(22)21-17(20-15)14-5-4-8-19-11-14/h4-11H,3H2,1-2H3,(H,20,21,22)/b15-10+. The maximum absolute atomic E-state index is 12.1. The van der Waals surface area contributed by atoms with Crippen molar-refractivity contribution in [1.29, 1.82) is 0 Å². The molecule has 0 fully saturated rings. The Hall–Kier alpha value is -2.95. The molecule has 0 saturated carbocycles. The van der Waals surface area contributed by atoms with E-state index in [0.717, 1.165) is 28.9 Å². The van der Waals surface area contributed by atoms with E-state index in [0.29, 0.717) is 11.5 Å². The molecule has 2 aromatic rings. The molecule has 1 aromatic heterocycles. The Morgan fingerprint density at radius 2 is 2.17 bits per heavy atom. The van der Waals surface area contributed by atoms with E-state index in [4.69, 9.17) is 4.74 Å². The minimum atomic E-state index is -0.210. The maximum Gasteiger partial charge on any atom is 0.275 e. The fourth-order valence-corrected chi connectivity index (χ4v) is 2.43. The number of aryl methyl sites for hydroxylation is 1. The number of carbonyl (C=O) groups is 1. The summed E-state index contributed by atoms with van der Waals surface area (Å²) in [5.41, 5.74) is 3.19. The van der Waals surface area contributed by atoms with Gasteiger partial charge in [0.05, 0.1) is 7.11 Å². The highest BCUT2D eigenvalue weighted by Crippen LogP contribution is 2.22. The van der Waals surface area contributed by atoms with E-state index in [1.54, 1.807) is 25.6 Å². The number of ether oxygens (including phenoxy) is 1. The smallest absolute Gasteiger partial charge is 0.275 e. The molecule has 3 rings (SSSR count). The number of benzene rings is 1. The number of pyridine rings is 1. The van der Waals surface area contributed by atoms with Crippen LogP contribution in [0.25, 0.3) is 6.08 Å². The molecule has 23 heavy (non-hydrogen) atoms. The summed E-state index contributed by atoms with van der Waals surface area (Å²) in [4.78, 5) is 20.5. The summed E-state index contributed by atoms with van der Waals surface area (Å²) >= 11 is 0. The minimum Gasteiger partial charge on any atom is -0.496 e. The van der Waals surface area contributed by atoms with Gasteiger partial charge < -0.3 is 10.1 Å². The van der Waals surface area contributed by atoms with Gasteiger partial charge in [0.2, 0.25) is 0 Å². The molecular formula is C18H17N3O2. The highest BCUT2D eigenvalue weighted by molar-refractivity contribution is 6.19. The van der Waals surface area contributed by atoms with Crippen LogP contribution in [0.4, 0.5) is 0 Å². The van der Waals surface area contributed by atoms with Crippen LogP contribution >= 0.6 is 0 Å². The van der Waals surface area contributed by atoms with E-state index in [1.807, 2.05) is 30.3 Å². The number of nitrogens with zero attached hydrogens (tertiary/aromatic N) is 2. The second kappa shape index (κ2) is 6.44. The lowest BCUT2D eigenvalue weighted by molar-refractivity contribution is -0.115. The number of nitrogens with one attached hydrogen (secondary N) is 1. The average molecular weight is 307 g/mol. The van der Waals surface area contributed by atoms with E-state index in [-0.39, 0.29) is 5.91 Å². The number of amides is 1. The molecule has 2 heterocycles. The van der Waals surface area contributed by atoms with Gasteiger partial charge in [0.15, 0.2) is 0 Å². The van der Waals surface area contributed by atoms with Gasteiger partial charge in [-0.05, 0) is 47.9 Å². The average Bonchev–Trinajstić information content (AvgIpc) is 2.96. The summed E-state index contributed by atoms with van der Waals surface area (Å²) in [6, 6.07) is 9.50. The molecule has 0 unspecified atom stereocenters. The van der Waals surface area contributed by atoms with Crippen molar-refractivity contribution in [3.8, 4) is 5.75 Å². The monoisotopic (exact) mass is 307 g/mol. The fourth-order valence-electron chi connectivity index (χ4n) is 2.43. The Kier molecular flexibility index (Phi) is 4.19. The zero-order chi connectivity index (χ0) is 16.2. The number of carbonyl (C=O) groups excluding carboxylic acids is 1. The van der Waals surface area contributed by atoms with Crippen LogP contribution in [0.2, 0.25) is 0 Å². The van der Waals surface area contributed by atoms with Gasteiger partial charge >= 0.3 is 0 Å². The van der Waals surface area contributed by atoms with Gasteiger partial charge in [-0.15, -0.1) is 0 Å². The van der Waals surface area contributed by atoms with Crippen LogP contribution in [-0.2, 0) is 11.2 Å². The van der Waals surface area contributed by atoms with Crippen LogP contribution in [-0.4, -0.2) is 23.8 Å². The largest absolute Gasteiger partial charge is 0.496 e. The molecule has 0 atom stereocenters. The third kappa shape index (κ3) is 3.13. The quantitative estimate of drug-likeness (QED) is 0.883. The molecule has 116 valence electrons. The van der Waals surface area contributed by atoms with Crippen molar-refractivity contribution in [3.05, 3.63) is 65.1 Å². The van der Waals surface area contributed by atoms with Crippen LogP contribution in [0.1, 0.15) is 23.6 Å². The first-order valence-electron chi connectivity index (χ1n) is 7.40. The molecule has 1 aliphatic rings. The highest BCUT2D eigenvalue weighted by atomic mass is 16.5. The van der Waals surface area contributed by atoms with E-state index in [1.165, 1.54) is 0 Å². The van der Waals surface area contributed by atoms with E-state index in [2.05, 4.69) is 22.2 Å². The Morgan fingerprint density at radius 1 is 1.30 bits per heavy atom. The minimum absolute atomic E-state index is 0.210. The number of aromatic nitrogens is 1. The molecule has 5 heteroatoms. The first-order valence-corrected chi connectivity index (χ1v) is 7.40. The molecule has 0 radical (unpaired) electrons. The summed E-state index contributed by atoms with van der Waals surface area (Å²) in [5, 5.41) is 2.77. The summed E-state index contributed by atoms with van der Waals surface area (Å²) in [6.45, 7) is 2.07. The van der Waals surface area contributed by atoms with Crippen molar-refractivity contribution < 1.29 is 9.53 Å². The second-order valence-corrected chi connectivity index (χ2v) is 5.11. The number of hydrogen-bond donors (Lipinski definition) is 1. The fraction of sp³-hybridized carbons (Fsp3) is 0.167. The van der Waals surface area contributed by atoms with Crippen LogP contribution in [0.15, 0.2) is 53.4 Å². The predicted molar refractivity (Wildman–Crippen MR) is 89.3 cm³/mol. The number of hydrogen-bond acceptors (Lipinski definition) is 4. The van der Waals surface area contributed by atoms with Crippen LogP contribution in [0.3, 0.4) is 0 Å². The van der Waals surface area contributed by atoms with Crippen molar-refractivity contribution in [3.63, 3.8) is 0 Å². The van der Waals surface area contributed by atoms with Crippen LogP contribution in [0.5, 0.6) is 5.75 Å². The molecular weight excluding hydrogens is 290 g/mol. The molecule has 1 amide bonds. The normalized spacial score (nSPS) is 15.5. The third-order valence-corrected chi connectivity index (χ3v) is 3.62. The predicted octanol–water partition coefficient (Wildman–Crippen LogP) is 2.57. The van der Waals surface area contributed by atoms with Gasteiger partial charge in [-0.25, -0.2) is 4.99 Å². The lowest BCUT2D eigenvalue weighted by Gasteiger charge is -2.07. The molecule has 0 bridgehead atoms. The number of amidine groups is 1. The number of methoxy groups -OCH3 is 1. The van der Waals surface area contributed by atoms with Crippen molar-refractivity contribution in [2.45, 2.75) is 13.3 Å².